The zero-order valence-electron chi connectivity index (χ0n) is 29.6. The largest absolute Gasteiger partial charge is 0.456 e. The fourth-order valence-electron chi connectivity index (χ4n) is 8.87. The molecule has 0 atom stereocenters. The quantitative estimate of drug-likeness (QED) is 0.171. The molecule has 56 heavy (non-hydrogen) atoms. The third-order valence-electron chi connectivity index (χ3n) is 11.3. The molecule has 258 valence electrons. The van der Waals surface area contributed by atoms with Crippen LogP contribution in [0.3, 0.4) is 0 Å². The third kappa shape index (κ3) is 4.18. The van der Waals surface area contributed by atoms with Crippen molar-refractivity contribution in [2.75, 3.05) is 0 Å². The molecule has 0 radical (unpaired) electrons. The van der Waals surface area contributed by atoms with E-state index in [0.717, 1.165) is 110 Å². The molecule has 0 aliphatic heterocycles. The van der Waals surface area contributed by atoms with Gasteiger partial charge in [-0.3, -0.25) is 0 Å². The summed E-state index contributed by atoms with van der Waals surface area (Å²) in [6, 6.07) is 53.6. The molecule has 4 aromatic heterocycles. The molecule has 6 nitrogen and oxygen atoms in total. The van der Waals surface area contributed by atoms with Crippen LogP contribution < -0.4 is 0 Å². The van der Waals surface area contributed by atoms with Crippen molar-refractivity contribution < 1.29 is 8.83 Å². The van der Waals surface area contributed by atoms with E-state index in [2.05, 4.69) is 104 Å². The zero-order chi connectivity index (χ0) is 37.1. The van der Waals surface area contributed by atoms with Crippen LogP contribution in [0.25, 0.3) is 120 Å². The molecule has 12 rings (SSSR count). The van der Waals surface area contributed by atoms with Crippen molar-refractivity contribution in [3.63, 3.8) is 0 Å². The van der Waals surface area contributed by atoms with Gasteiger partial charge in [0, 0.05) is 54.5 Å². The maximum absolute atomic E-state index is 8.42. The molecule has 0 bridgehead atoms. The van der Waals surface area contributed by atoms with E-state index >= 15 is 0 Å². The maximum Gasteiger partial charge on any atom is 0.196 e. The lowest BCUT2D eigenvalue weighted by Crippen LogP contribution is -1.96. The number of nitrogens with zero attached hydrogens (tertiary/aromatic N) is 4. The SMILES string of the molecule is [C-]#[N+]c1cc(-c2ccc(-n3c4ccccc4c4cc5oc6ccccc6c5cc43)cc2[N+]#[C-])cc(-n2c3ccccc3c3cc4oc5ccccc5c4cc32)c1. The highest BCUT2D eigenvalue weighted by Gasteiger charge is 2.20. The minimum Gasteiger partial charge on any atom is -0.456 e. The summed E-state index contributed by atoms with van der Waals surface area (Å²) in [5.74, 6) is 0. The molecule has 0 saturated heterocycles. The third-order valence-corrected chi connectivity index (χ3v) is 11.3. The van der Waals surface area contributed by atoms with Crippen molar-refractivity contribution in [3.05, 3.63) is 181 Å². The van der Waals surface area contributed by atoms with Gasteiger partial charge in [-0.25, -0.2) is 9.69 Å². The van der Waals surface area contributed by atoms with Crippen molar-refractivity contribution in [3.8, 4) is 22.5 Å². The molecule has 0 aliphatic rings. The van der Waals surface area contributed by atoms with E-state index in [4.69, 9.17) is 22.0 Å². The Bertz CT molecular complexity index is 3750. The standard InChI is InChI=1S/C50H26N4O2/c1-51-30-21-29(22-32(23-30)54-44-16-8-4-12-35(44)39-28-50-41(26-46(39)54)37-14-6-10-18-48(37)56-50)33-20-19-31(24-42(33)52-2)53-43-15-7-3-11-34(43)38-27-49-40(25-45(38)53)36-13-5-9-17-47(36)55-49/h3-28H. The van der Waals surface area contributed by atoms with Crippen LogP contribution in [0, 0.1) is 13.1 Å². The van der Waals surface area contributed by atoms with Crippen LogP contribution >= 0.6 is 0 Å². The second kappa shape index (κ2) is 11.2. The van der Waals surface area contributed by atoms with Gasteiger partial charge in [-0.2, -0.15) is 0 Å². The second-order valence-corrected chi connectivity index (χ2v) is 14.3. The van der Waals surface area contributed by atoms with Crippen LogP contribution in [0.2, 0.25) is 0 Å². The molecule has 6 heteroatoms. The summed E-state index contributed by atoms with van der Waals surface area (Å²) < 4.78 is 17.1. The molecule has 0 amide bonds. The lowest BCUT2D eigenvalue weighted by Gasteiger charge is -2.14. The summed E-state index contributed by atoms with van der Waals surface area (Å²) in [5, 5.41) is 8.58. The van der Waals surface area contributed by atoms with Crippen LogP contribution in [-0.2, 0) is 0 Å². The Hall–Kier alpha value is -8.06. The molecule has 0 spiro atoms. The van der Waals surface area contributed by atoms with Gasteiger partial charge in [0.2, 0.25) is 0 Å². The molecular formula is C50H26N4O2. The number of benzene rings is 8. The minimum atomic E-state index is 0.497. The van der Waals surface area contributed by atoms with E-state index in [9.17, 15) is 0 Å². The van der Waals surface area contributed by atoms with Gasteiger partial charge >= 0.3 is 0 Å². The van der Waals surface area contributed by atoms with Crippen LogP contribution in [0.15, 0.2) is 167 Å². The van der Waals surface area contributed by atoms with Gasteiger partial charge in [0.1, 0.15) is 22.3 Å². The van der Waals surface area contributed by atoms with Gasteiger partial charge in [-0.1, -0.05) is 78.9 Å². The minimum absolute atomic E-state index is 0.497. The highest BCUT2D eigenvalue weighted by atomic mass is 16.3. The van der Waals surface area contributed by atoms with Gasteiger partial charge in [0.15, 0.2) is 11.4 Å². The monoisotopic (exact) mass is 714 g/mol. The number of furan rings is 2. The van der Waals surface area contributed by atoms with Crippen LogP contribution in [0.5, 0.6) is 0 Å². The summed E-state index contributed by atoms with van der Waals surface area (Å²) in [6.45, 7) is 16.6. The van der Waals surface area contributed by atoms with Gasteiger partial charge in [-0.05, 0) is 90.0 Å². The fourth-order valence-corrected chi connectivity index (χ4v) is 8.87. The van der Waals surface area contributed by atoms with Gasteiger partial charge in [0.25, 0.3) is 0 Å². The highest BCUT2D eigenvalue weighted by Crippen LogP contribution is 2.43. The van der Waals surface area contributed by atoms with Crippen LogP contribution in [0.1, 0.15) is 0 Å². The molecule has 0 fully saturated rings. The Balaban J connectivity index is 1.07. The summed E-state index contributed by atoms with van der Waals surface area (Å²) in [6.07, 6.45) is 0. The molecule has 4 heterocycles. The topological polar surface area (TPSA) is 44.9 Å². The Morgan fingerprint density at radius 2 is 0.911 bits per heavy atom. The van der Waals surface area contributed by atoms with Gasteiger partial charge in [-0.15, -0.1) is 0 Å². The van der Waals surface area contributed by atoms with Crippen LogP contribution in [0.4, 0.5) is 11.4 Å². The predicted octanol–water partition coefficient (Wildman–Crippen LogP) is 14.4. The Morgan fingerprint density at radius 3 is 1.48 bits per heavy atom. The van der Waals surface area contributed by atoms with Gasteiger partial charge in [0.05, 0.1) is 35.2 Å². The average molecular weight is 715 g/mol. The summed E-state index contributed by atoms with van der Waals surface area (Å²) in [7, 11) is 0. The first-order chi connectivity index (χ1) is 27.6. The Labute approximate surface area is 318 Å². The summed E-state index contributed by atoms with van der Waals surface area (Å²) >= 11 is 0. The van der Waals surface area contributed by atoms with Crippen LogP contribution in [-0.4, -0.2) is 9.13 Å². The first-order valence-electron chi connectivity index (χ1n) is 18.4. The van der Waals surface area contributed by atoms with Gasteiger partial charge < -0.3 is 18.0 Å². The zero-order valence-corrected chi connectivity index (χ0v) is 29.6. The van der Waals surface area contributed by atoms with E-state index in [1.165, 1.54) is 0 Å². The van der Waals surface area contributed by atoms with Crippen molar-refractivity contribution in [2.24, 2.45) is 0 Å². The molecule has 0 saturated carbocycles. The molecular weight excluding hydrogens is 689 g/mol. The lowest BCUT2D eigenvalue weighted by atomic mass is 10.0. The molecule has 0 N–H and O–H groups in total. The number of aromatic nitrogens is 2. The molecule has 12 aromatic rings. The van der Waals surface area contributed by atoms with E-state index in [1.54, 1.807) is 0 Å². The molecule has 0 aliphatic carbocycles. The van der Waals surface area contributed by atoms with Crippen molar-refractivity contribution in [1.82, 2.24) is 9.13 Å². The highest BCUT2D eigenvalue weighted by molar-refractivity contribution is 6.18. The van der Waals surface area contributed by atoms with E-state index in [-0.39, 0.29) is 0 Å². The fraction of sp³-hybridized carbons (Fsp3) is 0. The number of hydrogen-bond donors (Lipinski definition) is 0. The van der Waals surface area contributed by atoms with Crippen molar-refractivity contribution in [2.45, 2.75) is 0 Å². The number of hydrogen-bond acceptors (Lipinski definition) is 2. The lowest BCUT2D eigenvalue weighted by molar-refractivity contribution is 0.669. The normalized spacial score (nSPS) is 11.9. The average Bonchev–Trinajstić information content (AvgIpc) is 3.99. The van der Waals surface area contributed by atoms with Crippen molar-refractivity contribution in [1.29, 1.82) is 0 Å². The van der Waals surface area contributed by atoms with E-state index in [1.807, 2.05) is 72.8 Å². The number of fused-ring (bicyclic) bond motifs is 12. The smallest absolute Gasteiger partial charge is 0.196 e. The first kappa shape index (κ1) is 30.4. The summed E-state index contributed by atoms with van der Waals surface area (Å²) in [5.41, 5.74) is 11.8. The molecule has 0 unspecified atom stereocenters. The number of para-hydroxylation sites is 4. The number of rotatable bonds is 3. The first-order valence-corrected chi connectivity index (χ1v) is 18.4. The summed E-state index contributed by atoms with van der Waals surface area (Å²) in [4.78, 5) is 8.02. The Morgan fingerprint density at radius 1 is 0.375 bits per heavy atom. The van der Waals surface area contributed by atoms with E-state index in [0.29, 0.717) is 11.4 Å². The predicted molar refractivity (Wildman–Crippen MR) is 228 cm³/mol. The van der Waals surface area contributed by atoms with Crippen molar-refractivity contribution >= 4 is 98.9 Å². The second-order valence-electron chi connectivity index (χ2n) is 14.3. The van der Waals surface area contributed by atoms with E-state index < -0.39 is 0 Å². The maximum atomic E-state index is 8.42. The Kier molecular flexibility index (Phi) is 6.10. The molecule has 8 aromatic carbocycles.